The molecule has 0 aromatic rings. The minimum atomic E-state index is -1.86. The summed E-state index contributed by atoms with van der Waals surface area (Å²) in [6.45, 7) is 2.23. The summed E-state index contributed by atoms with van der Waals surface area (Å²) in [5.41, 5.74) is -3.73. The molecule has 1 fully saturated rings. The summed E-state index contributed by atoms with van der Waals surface area (Å²) in [4.78, 5) is 45.1. The Morgan fingerprint density at radius 3 is 1.17 bits per heavy atom. The Bertz CT molecular complexity index is 407. The number of carbonyl (C=O) groups excluding carboxylic acids is 2. The fraction of sp³-hybridized carbons (Fsp3) is 0.600. The van der Waals surface area contributed by atoms with Gasteiger partial charge in [-0.25, -0.2) is 0 Å². The van der Waals surface area contributed by atoms with Gasteiger partial charge in [0, 0.05) is 0 Å². The van der Waals surface area contributed by atoms with E-state index in [1.54, 1.807) is 0 Å². The lowest BCUT2D eigenvalue weighted by Crippen LogP contribution is -2.71. The summed E-state index contributed by atoms with van der Waals surface area (Å²) in [5, 5.41) is 15.9. The lowest BCUT2D eigenvalue weighted by Gasteiger charge is -2.58. The second kappa shape index (κ2) is 4.20. The van der Waals surface area contributed by atoms with Gasteiger partial charge in [-0.1, -0.05) is 0 Å². The molecule has 0 unspecified atom stereocenters. The predicted molar refractivity (Wildman–Crippen MR) is 60.2 cm³/mol. The number of carbonyl (C=O) groups is 4. The third kappa shape index (κ3) is 1.55. The van der Waals surface area contributed by atoms with Crippen LogP contribution in [0.5, 0.6) is 0 Å². The molecule has 2 N–H and O–H groups in total. The molecular weight excluding hydrogens is 287 g/mol. The van der Waals surface area contributed by atoms with Crippen molar-refractivity contribution in [1.82, 2.24) is 0 Å². The zero-order valence-electron chi connectivity index (χ0n) is 9.44. The van der Waals surface area contributed by atoms with Crippen molar-refractivity contribution in [2.24, 2.45) is 22.7 Å². The van der Waals surface area contributed by atoms with Crippen LogP contribution in [0, 0.1) is 22.7 Å². The first-order chi connectivity index (χ1) is 8.02. The van der Waals surface area contributed by atoms with Crippen LogP contribution in [0.3, 0.4) is 0 Å². The van der Waals surface area contributed by atoms with Gasteiger partial charge in [-0.3, -0.25) is 19.2 Å². The minimum Gasteiger partial charge on any atom is -0.481 e. The molecule has 0 spiro atoms. The molecule has 18 heavy (non-hydrogen) atoms. The molecule has 0 aromatic carbocycles. The third-order valence-corrected chi connectivity index (χ3v) is 4.55. The molecule has 0 saturated heterocycles. The number of hydrogen-bond acceptors (Lipinski definition) is 4. The average molecular weight is 297 g/mol. The van der Waals surface area contributed by atoms with E-state index in [4.69, 9.17) is 33.4 Å². The SMILES string of the molecule is CC1(C(=O)Cl)C(C(=O)O)C(C)(C(=O)Cl)C1C(=O)O. The van der Waals surface area contributed by atoms with E-state index < -0.39 is 45.1 Å². The first-order valence-electron chi connectivity index (χ1n) is 4.87. The molecule has 1 saturated carbocycles. The standard InChI is InChI=1S/C10H10Cl2O6/c1-9(7(11)17)3(5(13)14)10(2,8(12)18)4(9)6(15)16/h3-4H,1-2H3,(H,13,14)(H,15,16). The molecule has 0 aliphatic heterocycles. The molecule has 0 amide bonds. The van der Waals surface area contributed by atoms with Crippen LogP contribution in [0.4, 0.5) is 0 Å². The fourth-order valence-corrected chi connectivity index (χ4v) is 3.40. The summed E-state index contributed by atoms with van der Waals surface area (Å²) in [6, 6.07) is 0. The predicted octanol–water partition coefficient (Wildman–Crippen LogP) is 0.945. The van der Waals surface area contributed by atoms with Gasteiger partial charge in [-0.05, 0) is 37.0 Å². The van der Waals surface area contributed by atoms with Crippen molar-refractivity contribution in [3.8, 4) is 0 Å². The lowest BCUT2D eigenvalue weighted by atomic mass is 9.40. The van der Waals surface area contributed by atoms with E-state index in [9.17, 15) is 19.2 Å². The molecule has 0 aromatic heterocycles. The van der Waals surface area contributed by atoms with Crippen LogP contribution in [0.15, 0.2) is 0 Å². The smallest absolute Gasteiger partial charge is 0.308 e. The van der Waals surface area contributed by atoms with Crippen molar-refractivity contribution < 1.29 is 29.4 Å². The first-order valence-corrected chi connectivity index (χ1v) is 5.63. The van der Waals surface area contributed by atoms with Gasteiger partial charge in [0.1, 0.15) is 0 Å². The molecule has 1 rings (SSSR count). The van der Waals surface area contributed by atoms with Crippen molar-refractivity contribution >= 4 is 45.6 Å². The molecule has 0 heterocycles. The normalized spacial score (nSPS) is 38.7. The summed E-state index contributed by atoms with van der Waals surface area (Å²) in [6.07, 6.45) is 0. The van der Waals surface area contributed by atoms with Crippen LogP contribution in [0.1, 0.15) is 13.8 Å². The maximum absolute atomic E-state index is 11.4. The highest BCUT2D eigenvalue weighted by molar-refractivity contribution is 6.67. The van der Waals surface area contributed by atoms with Crippen molar-refractivity contribution in [1.29, 1.82) is 0 Å². The largest absolute Gasteiger partial charge is 0.481 e. The van der Waals surface area contributed by atoms with E-state index in [2.05, 4.69) is 0 Å². The van der Waals surface area contributed by atoms with Gasteiger partial charge in [-0.2, -0.15) is 0 Å². The molecule has 1 aliphatic rings. The van der Waals surface area contributed by atoms with E-state index in [1.807, 2.05) is 0 Å². The molecule has 0 bridgehead atoms. The maximum atomic E-state index is 11.4. The molecule has 1 aliphatic carbocycles. The zero-order chi connectivity index (χ0) is 14.5. The Morgan fingerprint density at radius 2 is 1.06 bits per heavy atom. The Kier molecular flexibility index (Phi) is 3.49. The third-order valence-electron chi connectivity index (χ3n) is 3.74. The van der Waals surface area contributed by atoms with Crippen molar-refractivity contribution in [3.63, 3.8) is 0 Å². The molecule has 100 valence electrons. The van der Waals surface area contributed by atoms with Crippen LogP contribution in [-0.4, -0.2) is 32.6 Å². The monoisotopic (exact) mass is 296 g/mol. The van der Waals surface area contributed by atoms with Gasteiger partial charge in [0.05, 0.1) is 22.7 Å². The molecule has 8 heteroatoms. The number of halogens is 2. The highest BCUT2D eigenvalue weighted by Crippen LogP contribution is 2.65. The highest BCUT2D eigenvalue weighted by Gasteiger charge is 2.77. The van der Waals surface area contributed by atoms with Crippen molar-refractivity contribution in [2.75, 3.05) is 0 Å². The van der Waals surface area contributed by atoms with Gasteiger partial charge < -0.3 is 10.2 Å². The van der Waals surface area contributed by atoms with Gasteiger partial charge in [-0.15, -0.1) is 0 Å². The zero-order valence-corrected chi connectivity index (χ0v) is 10.9. The number of rotatable bonds is 4. The van der Waals surface area contributed by atoms with Gasteiger partial charge in [0.15, 0.2) is 0 Å². The summed E-state index contributed by atoms with van der Waals surface area (Å²) < 4.78 is 0. The van der Waals surface area contributed by atoms with Gasteiger partial charge in [0.2, 0.25) is 10.5 Å². The second-order valence-electron chi connectivity index (χ2n) is 4.66. The topological polar surface area (TPSA) is 109 Å². The van der Waals surface area contributed by atoms with Crippen LogP contribution in [0.25, 0.3) is 0 Å². The van der Waals surface area contributed by atoms with Crippen LogP contribution in [-0.2, 0) is 19.2 Å². The minimum absolute atomic E-state index is 1.11. The van der Waals surface area contributed by atoms with Crippen LogP contribution >= 0.6 is 23.2 Å². The average Bonchev–Trinajstić information content (AvgIpc) is 2.13. The Hall–Kier alpha value is -1.14. The number of carboxylic acids is 2. The van der Waals surface area contributed by atoms with Gasteiger partial charge >= 0.3 is 11.9 Å². The molecular formula is C10H10Cl2O6. The van der Waals surface area contributed by atoms with Crippen molar-refractivity contribution in [2.45, 2.75) is 13.8 Å². The molecule has 6 nitrogen and oxygen atoms in total. The summed E-state index contributed by atoms with van der Waals surface area (Å²) in [7, 11) is 0. The fourth-order valence-electron chi connectivity index (χ4n) is 2.96. The Morgan fingerprint density at radius 1 is 0.833 bits per heavy atom. The quantitative estimate of drug-likeness (QED) is 0.748. The van der Waals surface area contributed by atoms with Crippen molar-refractivity contribution in [3.05, 3.63) is 0 Å². The maximum Gasteiger partial charge on any atom is 0.308 e. The highest BCUT2D eigenvalue weighted by atomic mass is 35.5. The van der Waals surface area contributed by atoms with Crippen LogP contribution in [0.2, 0.25) is 0 Å². The van der Waals surface area contributed by atoms with E-state index in [-0.39, 0.29) is 0 Å². The lowest BCUT2D eigenvalue weighted by molar-refractivity contribution is -0.209. The summed E-state index contributed by atoms with van der Waals surface area (Å²) >= 11 is 10.6. The number of hydrogen-bond donors (Lipinski definition) is 2. The molecule has 0 atom stereocenters. The Labute approximate surface area is 112 Å². The van der Waals surface area contributed by atoms with E-state index in [0.29, 0.717) is 0 Å². The van der Waals surface area contributed by atoms with E-state index >= 15 is 0 Å². The Balaban J connectivity index is 3.47. The second-order valence-corrected chi connectivity index (χ2v) is 5.34. The number of aliphatic carboxylic acids is 2. The first kappa shape index (κ1) is 14.9. The van der Waals surface area contributed by atoms with Gasteiger partial charge in [0.25, 0.3) is 0 Å². The molecule has 0 radical (unpaired) electrons. The number of carboxylic acid groups (broad SMARTS) is 2. The summed E-state index contributed by atoms with van der Waals surface area (Å²) in [5.74, 6) is -6.11. The van der Waals surface area contributed by atoms with E-state index in [1.165, 1.54) is 0 Å². The van der Waals surface area contributed by atoms with Crippen LogP contribution < -0.4 is 0 Å². The van der Waals surface area contributed by atoms with E-state index in [0.717, 1.165) is 13.8 Å².